The number of hydrogen-bond donors (Lipinski definition) is 1. The molecule has 0 fully saturated rings. The minimum Gasteiger partial charge on any atom is -0.493 e. The van der Waals surface area contributed by atoms with E-state index in [1.807, 2.05) is 79.7 Å². The number of para-hydroxylation sites is 1. The van der Waals surface area contributed by atoms with Gasteiger partial charge in [-0.15, -0.1) is 0 Å². The van der Waals surface area contributed by atoms with Crippen LogP contribution in [-0.4, -0.2) is 21.9 Å². The van der Waals surface area contributed by atoms with Gasteiger partial charge in [-0.05, 0) is 36.9 Å². The number of ether oxygens (including phenoxy) is 1. The van der Waals surface area contributed by atoms with Gasteiger partial charge in [0.1, 0.15) is 11.4 Å². The lowest BCUT2D eigenvalue weighted by Crippen LogP contribution is -2.23. The lowest BCUT2D eigenvalue weighted by Gasteiger charge is -2.09. The Balaban J connectivity index is 1.38. The minimum atomic E-state index is -0.244. The summed E-state index contributed by atoms with van der Waals surface area (Å²) in [5, 5.41) is 4.96. The Bertz CT molecular complexity index is 1270. The number of benzene rings is 3. The van der Waals surface area contributed by atoms with Crippen LogP contribution < -0.4 is 15.6 Å². The fraction of sp³-hybridized carbons (Fsp3) is 0.200. The van der Waals surface area contributed by atoms with Gasteiger partial charge in [-0.1, -0.05) is 54.6 Å². The van der Waals surface area contributed by atoms with Crippen LogP contribution in [0.4, 0.5) is 5.69 Å². The molecule has 6 heteroatoms. The standard InChI is InChI=1S/C25H25N3O3/c1-18-24(25(30)28(27(18)2)20-12-4-3-5-13-20)26-23(29)16-9-17-31-22-15-8-11-19-10-6-7-14-21(19)22/h3-8,10-15H,9,16-17H2,1-2H3,(H,26,29). The van der Waals surface area contributed by atoms with Crippen LogP contribution in [0, 0.1) is 6.92 Å². The maximum absolute atomic E-state index is 12.9. The number of nitrogens with one attached hydrogen (secondary N) is 1. The van der Waals surface area contributed by atoms with E-state index in [0.29, 0.717) is 24.4 Å². The number of fused-ring (bicyclic) bond motifs is 1. The van der Waals surface area contributed by atoms with Gasteiger partial charge in [0.25, 0.3) is 5.56 Å². The van der Waals surface area contributed by atoms with Gasteiger partial charge >= 0.3 is 0 Å². The Kier molecular flexibility index (Phi) is 5.89. The molecule has 158 valence electrons. The number of aromatic nitrogens is 2. The molecule has 0 aliphatic carbocycles. The van der Waals surface area contributed by atoms with Crippen LogP contribution in [0.15, 0.2) is 77.6 Å². The Morgan fingerprint density at radius 2 is 1.68 bits per heavy atom. The van der Waals surface area contributed by atoms with Crippen molar-refractivity contribution in [2.45, 2.75) is 19.8 Å². The van der Waals surface area contributed by atoms with Crippen molar-refractivity contribution in [2.75, 3.05) is 11.9 Å². The van der Waals surface area contributed by atoms with Crippen molar-refractivity contribution in [3.8, 4) is 11.4 Å². The van der Waals surface area contributed by atoms with E-state index in [0.717, 1.165) is 22.2 Å². The quantitative estimate of drug-likeness (QED) is 0.454. The second-order valence-corrected chi connectivity index (χ2v) is 7.41. The lowest BCUT2D eigenvalue weighted by atomic mass is 10.1. The molecule has 0 saturated heterocycles. The van der Waals surface area contributed by atoms with Gasteiger partial charge in [0, 0.05) is 18.9 Å². The molecule has 0 unspecified atom stereocenters. The Morgan fingerprint density at radius 1 is 0.968 bits per heavy atom. The average Bonchev–Trinajstić information content (AvgIpc) is 3.00. The first-order valence-electron chi connectivity index (χ1n) is 10.3. The first-order chi connectivity index (χ1) is 15.1. The molecule has 1 N–H and O–H groups in total. The Hall–Kier alpha value is -3.80. The van der Waals surface area contributed by atoms with Gasteiger partial charge in [-0.3, -0.25) is 14.3 Å². The predicted octanol–water partition coefficient (Wildman–Crippen LogP) is 4.44. The van der Waals surface area contributed by atoms with Crippen LogP contribution >= 0.6 is 0 Å². The van der Waals surface area contributed by atoms with Gasteiger partial charge < -0.3 is 10.1 Å². The molecule has 0 saturated carbocycles. The van der Waals surface area contributed by atoms with Gasteiger partial charge in [0.05, 0.1) is 18.0 Å². The van der Waals surface area contributed by atoms with Crippen LogP contribution in [0.2, 0.25) is 0 Å². The normalized spacial score (nSPS) is 10.9. The van der Waals surface area contributed by atoms with Crippen molar-refractivity contribution in [1.29, 1.82) is 0 Å². The topological polar surface area (TPSA) is 65.3 Å². The fourth-order valence-electron chi connectivity index (χ4n) is 3.65. The van der Waals surface area contributed by atoms with E-state index in [1.165, 1.54) is 0 Å². The molecule has 0 aliphatic heterocycles. The van der Waals surface area contributed by atoms with Crippen LogP contribution in [0.25, 0.3) is 16.5 Å². The summed E-state index contributed by atoms with van der Waals surface area (Å²) in [5.41, 5.74) is 1.52. The van der Waals surface area contributed by atoms with E-state index in [2.05, 4.69) is 5.32 Å². The highest BCUT2D eigenvalue weighted by Crippen LogP contribution is 2.25. The molecule has 4 aromatic rings. The number of carbonyl (C=O) groups is 1. The number of nitrogens with zero attached hydrogens (tertiary/aromatic N) is 2. The van der Waals surface area contributed by atoms with Crippen molar-refractivity contribution in [3.05, 3.63) is 88.8 Å². The van der Waals surface area contributed by atoms with E-state index in [9.17, 15) is 9.59 Å². The molecule has 0 aliphatic rings. The Labute approximate surface area is 180 Å². The highest BCUT2D eigenvalue weighted by atomic mass is 16.5. The smallest absolute Gasteiger partial charge is 0.295 e. The van der Waals surface area contributed by atoms with Gasteiger partial charge in [0.2, 0.25) is 5.91 Å². The number of hydrogen-bond acceptors (Lipinski definition) is 3. The van der Waals surface area contributed by atoms with E-state index in [-0.39, 0.29) is 17.9 Å². The fourth-order valence-corrected chi connectivity index (χ4v) is 3.65. The zero-order valence-corrected chi connectivity index (χ0v) is 17.7. The monoisotopic (exact) mass is 415 g/mol. The largest absolute Gasteiger partial charge is 0.493 e. The summed E-state index contributed by atoms with van der Waals surface area (Å²) >= 11 is 0. The van der Waals surface area contributed by atoms with Crippen molar-refractivity contribution in [2.24, 2.45) is 7.05 Å². The van der Waals surface area contributed by atoms with Gasteiger partial charge in [-0.25, -0.2) is 4.68 Å². The third kappa shape index (κ3) is 4.23. The van der Waals surface area contributed by atoms with Gasteiger partial charge in [-0.2, -0.15) is 0 Å². The average molecular weight is 415 g/mol. The maximum Gasteiger partial charge on any atom is 0.295 e. The van der Waals surface area contributed by atoms with Crippen molar-refractivity contribution < 1.29 is 9.53 Å². The summed E-state index contributed by atoms with van der Waals surface area (Å²) < 4.78 is 9.20. The summed E-state index contributed by atoms with van der Waals surface area (Å²) in [6, 6.07) is 23.3. The van der Waals surface area contributed by atoms with Crippen LogP contribution in [-0.2, 0) is 11.8 Å². The first kappa shape index (κ1) is 20.5. The SMILES string of the molecule is Cc1c(NC(=O)CCCOc2cccc3ccccc23)c(=O)n(-c2ccccc2)n1C. The van der Waals surface area contributed by atoms with Crippen LogP contribution in [0.3, 0.4) is 0 Å². The molecule has 4 rings (SSSR count). The van der Waals surface area contributed by atoms with Crippen LogP contribution in [0.1, 0.15) is 18.5 Å². The van der Waals surface area contributed by atoms with E-state index < -0.39 is 0 Å². The molecule has 1 aromatic heterocycles. The molecule has 0 bridgehead atoms. The molecule has 3 aromatic carbocycles. The maximum atomic E-state index is 12.9. The number of rotatable bonds is 7. The van der Waals surface area contributed by atoms with E-state index in [4.69, 9.17) is 4.74 Å². The lowest BCUT2D eigenvalue weighted by molar-refractivity contribution is -0.116. The minimum absolute atomic E-state index is 0.201. The molecule has 0 spiro atoms. The number of amides is 1. The summed E-state index contributed by atoms with van der Waals surface area (Å²) in [4.78, 5) is 25.4. The molecule has 1 amide bonds. The summed E-state index contributed by atoms with van der Waals surface area (Å²) in [5.74, 6) is 0.607. The zero-order chi connectivity index (χ0) is 21.8. The summed E-state index contributed by atoms with van der Waals surface area (Å²) in [6.07, 6.45) is 0.817. The zero-order valence-electron chi connectivity index (χ0n) is 17.7. The van der Waals surface area contributed by atoms with E-state index >= 15 is 0 Å². The van der Waals surface area contributed by atoms with Crippen molar-refractivity contribution in [1.82, 2.24) is 9.36 Å². The third-order valence-electron chi connectivity index (χ3n) is 5.37. The Morgan fingerprint density at radius 3 is 2.48 bits per heavy atom. The molecule has 0 atom stereocenters. The summed E-state index contributed by atoms with van der Waals surface area (Å²) in [6.45, 7) is 2.24. The highest BCUT2D eigenvalue weighted by Gasteiger charge is 2.17. The number of carbonyl (C=O) groups excluding carboxylic acids is 1. The molecule has 1 heterocycles. The van der Waals surface area contributed by atoms with Gasteiger partial charge in [0.15, 0.2) is 0 Å². The molecule has 31 heavy (non-hydrogen) atoms. The van der Waals surface area contributed by atoms with E-state index in [1.54, 1.807) is 16.4 Å². The molecule has 0 radical (unpaired) electrons. The second kappa shape index (κ2) is 8.92. The van der Waals surface area contributed by atoms with Crippen molar-refractivity contribution in [3.63, 3.8) is 0 Å². The number of anilines is 1. The second-order valence-electron chi connectivity index (χ2n) is 7.41. The summed E-state index contributed by atoms with van der Waals surface area (Å²) in [7, 11) is 1.80. The predicted molar refractivity (Wildman–Crippen MR) is 123 cm³/mol. The molecular weight excluding hydrogens is 390 g/mol. The highest BCUT2D eigenvalue weighted by molar-refractivity contribution is 5.91. The first-order valence-corrected chi connectivity index (χ1v) is 10.3. The van der Waals surface area contributed by atoms with Crippen LogP contribution in [0.5, 0.6) is 5.75 Å². The molecule has 6 nitrogen and oxygen atoms in total. The molecular formula is C25H25N3O3. The van der Waals surface area contributed by atoms with Crippen molar-refractivity contribution >= 4 is 22.4 Å². The third-order valence-corrected chi connectivity index (χ3v) is 5.37.